The largest absolute Gasteiger partial charge is 0.395 e. The maximum absolute atomic E-state index is 10.5. The minimum atomic E-state index is -0.393. The van der Waals surface area contributed by atoms with Gasteiger partial charge in [0.25, 0.3) is 0 Å². The van der Waals surface area contributed by atoms with Gasteiger partial charge >= 0.3 is 0 Å². The number of carbonyl (C=O) groups is 1. The number of hydrogen-bond donors (Lipinski definition) is 1. The maximum atomic E-state index is 10.5. The molecule has 0 unspecified atom stereocenters. The molecule has 1 N–H and O–H groups in total. The molecule has 0 atom stereocenters. The van der Waals surface area contributed by atoms with Gasteiger partial charge in [-0.3, -0.25) is 4.79 Å². The standard InChI is InChI=1S/C6H9N3O2/c1-2-11-9-5-8-6(10)3-4-7/h5H,2-3H2,1H3,(H,8,9,10). The van der Waals surface area contributed by atoms with E-state index in [9.17, 15) is 4.79 Å². The predicted molar refractivity (Wildman–Crippen MR) is 38.5 cm³/mol. The van der Waals surface area contributed by atoms with Gasteiger partial charge in [-0.1, -0.05) is 5.16 Å². The number of nitrogens with zero attached hydrogens (tertiary/aromatic N) is 2. The summed E-state index contributed by atoms with van der Waals surface area (Å²) in [6.45, 7) is 2.22. The van der Waals surface area contributed by atoms with Crippen molar-refractivity contribution in [2.45, 2.75) is 13.3 Å². The van der Waals surface area contributed by atoms with Crippen molar-refractivity contribution in [2.24, 2.45) is 5.16 Å². The van der Waals surface area contributed by atoms with Crippen molar-refractivity contribution in [3.05, 3.63) is 0 Å². The molecule has 0 fully saturated rings. The topological polar surface area (TPSA) is 74.5 Å². The lowest BCUT2D eigenvalue weighted by molar-refractivity contribution is -0.118. The molecule has 1 amide bonds. The van der Waals surface area contributed by atoms with Crippen molar-refractivity contribution in [2.75, 3.05) is 6.61 Å². The fraction of sp³-hybridized carbons (Fsp3) is 0.500. The van der Waals surface area contributed by atoms with E-state index in [2.05, 4.69) is 15.3 Å². The Morgan fingerprint density at radius 2 is 2.64 bits per heavy atom. The summed E-state index contributed by atoms with van der Waals surface area (Å²) in [7, 11) is 0. The Balaban J connectivity index is 3.39. The van der Waals surface area contributed by atoms with Crippen molar-refractivity contribution in [1.82, 2.24) is 5.32 Å². The smallest absolute Gasteiger partial charge is 0.239 e. The van der Waals surface area contributed by atoms with Crippen LogP contribution in [-0.4, -0.2) is 18.9 Å². The lowest BCUT2D eigenvalue weighted by Gasteiger charge is -1.92. The third-order valence-electron chi connectivity index (χ3n) is 0.721. The second kappa shape index (κ2) is 6.55. The van der Waals surface area contributed by atoms with E-state index < -0.39 is 5.91 Å². The highest BCUT2D eigenvalue weighted by Crippen LogP contribution is 1.73. The zero-order chi connectivity index (χ0) is 8.53. The van der Waals surface area contributed by atoms with Gasteiger partial charge < -0.3 is 10.2 Å². The molecule has 0 heterocycles. The van der Waals surface area contributed by atoms with E-state index in [-0.39, 0.29) is 6.42 Å². The minimum absolute atomic E-state index is 0.169. The zero-order valence-corrected chi connectivity index (χ0v) is 6.20. The third kappa shape index (κ3) is 6.31. The highest BCUT2D eigenvalue weighted by atomic mass is 16.6. The van der Waals surface area contributed by atoms with Gasteiger partial charge in [-0.2, -0.15) is 5.26 Å². The van der Waals surface area contributed by atoms with E-state index in [1.807, 2.05) is 0 Å². The van der Waals surface area contributed by atoms with Crippen LogP contribution in [-0.2, 0) is 9.63 Å². The Kier molecular flexibility index (Phi) is 5.61. The molecule has 0 saturated carbocycles. The number of amides is 1. The van der Waals surface area contributed by atoms with Crippen LogP contribution >= 0.6 is 0 Å². The Morgan fingerprint density at radius 1 is 1.91 bits per heavy atom. The molecule has 11 heavy (non-hydrogen) atoms. The molecule has 5 heteroatoms. The average molecular weight is 155 g/mol. The quantitative estimate of drug-likeness (QED) is 0.352. The second-order valence-electron chi connectivity index (χ2n) is 1.55. The van der Waals surface area contributed by atoms with E-state index in [1.54, 1.807) is 13.0 Å². The summed E-state index contributed by atoms with van der Waals surface area (Å²) in [5.74, 6) is -0.393. The summed E-state index contributed by atoms with van der Waals surface area (Å²) in [4.78, 5) is 15.1. The molecular weight excluding hydrogens is 146 g/mol. The normalized spacial score (nSPS) is 9.09. The molecular formula is C6H9N3O2. The van der Waals surface area contributed by atoms with Crippen LogP contribution in [0.25, 0.3) is 0 Å². The summed E-state index contributed by atoms with van der Waals surface area (Å²) in [6, 6.07) is 1.69. The fourth-order valence-corrected chi connectivity index (χ4v) is 0.333. The highest BCUT2D eigenvalue weighted by Gasteiger charge is 1.93. The first-order valence-corrected chi connectivity index (χ1v) is 3.11. The van der Waals surface area contributed by atoms with E-state index in [0.717, 1.165) is 6.34 Å². The Bertz CT molecular complexity index is 183. The number of carbonyl (C=O) groups excluding carboxylic acids is 1. The monoisotopic (exact) mass is 155 g/mol. The number of nitrogens with one attached hydrogen (secondary N) is 1. The Labute approximate surface area is 64.6 Å². The van der Waals surface area contributed by atoms with Crippen molar-refractivity contribution >= 4 is 12.2 Å². The van der Waals surface area contributed by atoms with Crippen molar-refractivity contribution < 1.29 is 9.63 Å². The van der Waals surface area contributed by atoms with Gasteiger partial charge in [-0.15, -0.1) is 0 Å². The first kappa shape index (κ1) is 9.43. The Morgan fingerprint density at radius 3 is 3.18 bits per heavy atom. The molecule has 0 aromatic heterocycles. The highest BCUT2D eigenvalue weighted by molar-refractivity contribution is 5.88. The van der Waals surface area contributed by atoms with Crippen LogP contribution in [0.3, 0.4) is 0 Å². The van der Waals surface area contributed by atoms with Crippen molar-refractivity contribution in [3.8, 4) is 6.07 Å². The van der Waals surface area contributed by atoms with Crippen LogP contribution in [0, 0.1) is 11.3 Å². The van der Waals surface area contributed by atoms with Crippen molar-refractivity contribution in [1.29, 1.82) is 5.26 Å². The third-order valence-corrected chi connectivity index (χ3v) is 0.721. The predicted octanol–water partition coefficient (Wildman–Crippen LogP) is -0.00392. The second-order valence-corrected chi connectivity index (χ2v) is 1.55. The first-order valence-electron chi connectivity index (χ1n) is 3.11. The van der Waals surface area contributed by atoms with Gasteiger partial charge in [0.05, 0.1) is 6.07 Å². The number of oxime groups is 1. The molecule has 0 aliphatic rings. The van der Waals surface area contributed by atoms with Gasteiger partial charge in [0.1, 0.15) is 19.4 Å². The van der Waals surface area contributed by atoms with Gasteiger partial charge in [-0.05, 0) is 6.92 Å². The molecule has 0 aromatic carbocycles. The van der Waals surface area contributed by atoms with E-state index in [4.69, 9.17) is 5.26 Å². The Hall–Kier alpha value is -1.57. The van der Waals surface area contributed by atoms with Gasteiger partial charge in [0.2, 0.25) is 5.91 Å². The van der Waals surface area contributed by atoms with Crippen LogP contribution in [0.5, 0.6) is 0 Å². The maximum Gasteiger partial charge on any atom is 0.239 e. The van der Waals surface area contributed by atoms with Crippen LogP contribution in [0.1, 0.15) is 13.3 Å². The molecule has 0 bridgehead atoms. The lowest BCUT2D eigenvalue weighted by atomic mass is 10.4. The molecule has 0 aliphatic heterocycles. The van der Waals surface area contributed by atoms with Crippen LogP contribution in [0.15, 0.2) is 5.16 Å². The summed E-state index contributed by atoms with van der Waals surface area (Å²) < 4.78 is 0. The average Bonchev–Trinajstić information content (AvgIpc) is 1.99. The van der Waals surface area contributed by atoms with Crippen LogP contribution in [0.4, 0.5) is 0 Å². The fourth-order valence-electron chi connectivity index (χ4n) is 0.333. The molecule has 5 nitrogen and oxygen atoms in total. The SMILES string of the molecule is CCON=CNC(=O)CC#N. The van der Waals surface area contributed by atoms with Crippen LogP contribution in [0.2, 0.25) is 0 Å². The minimum Gasteiger partial charge on any atom is -0.395 e. The number of nitriles is 1. The van der Waals surface area contributed by atoms with E-state index in [0.29, 0.717) is 6.61 Å². The van der Waals surface area contributed by atoms with Gasteiger partial charge in [0, 0.05) is 0 Å². The summed E-state index contributed by atoms with van der Waals surface area (Å²) in [6.07, 6.45) is 0.946. The summed E-state index contributed by atoms with van der Waals surface area (Å²) >= 11 is 0. The zero-order valence-electron chi connectivity index (χ0n) is 6.20. The lowest BCUT2D eigenvalue weighted by Crippen LogP contribution is -2.20. The summed E-state index contributed by atoms with van der Waals surface area (Å²) in [5, 5.41) is 13.6. The van der Waals surface area contributed by atoms with Crippen molar-refractivity contribution in [3.63, 3.8) is 0 Å². The molecule has 60 valence electrons. The van der Waals surface area contributed by atoms with Crippen LogP contribution < -0.4 is 5.32 Å². The number of hydrogen-bond acceptors (Lipinski definition) is 4. The van der Waals surface area contributed by atoms with E-state index in [1.165, 1.54) is 0 Å². The molecule has 0 rings (SSSR count). The van der Waals surface area contributed by atoms with Gasteiger partial charge in [-0.25, -0.2) is 0 Å². The van der Waals surface area contributed by atoms with E-state index >= 15 is 0 Å². The molecule has 0 aromatic rings. The first-order chi connectivity index (χ1) is 5.31. The number of rotatable bonds is 4. The molecule has 0 radical (unpaired) electrons. The molecule has 0 aliphatic carbocycles. The summed E-state index contributed by atoms with van der Waals surface area (Å²) in [5.41, 5.74) is 0. The molecule has 0 saturated heterocycles. The molecule has 0 spiro atoms. The van der Waals surface area contributed by atoms with Gasteiger partial charge in [0.15, 0.2) is 0 Å².